The van der Waals surface area contributed by atoms with E-state index in [4.69, 9.17) is 9.26 Å². The lowest BCUT2D eigenvalue weighted by atomic mass is 10.2. The van der Waals surface area contributed by atoms with Gasteiger partial charge in [-0.05, 0) is 57.2 Å². The lowest BCUT2D eigenvalue weighted by Gasteiger charge is -2.13. The molecule has 0 spiro atoms. The van der Waals surface area contributed by atoms with E-state index in [1.54, 1.807) is 38.1 Å². The van der Waals surface area contributed by atoms with Crippen LogP contribution in [0.5, 0.6) is 5.75 Å². The standard InChI is InChI=1S/C19H21N3O4S/c1-4-25-18-8-6-5-7-17(18)20-15-9-11-16(12-10-15)22-27(23,24)19-13(2)21-26-14(19)3/h5-12,20,22H,4H2,1-3H3. The predicted molar refractivity (Wildman–Crippen MR) is 104 cm³/mol. The Morgan fingerprint density at radius 3 is 2.33 bits per heavy atom. The van der Waals surface area contributed by atoms with Gasteiger partial charge in [0, 0.05) is 11.4 Å². The Morgan fingerprint density at radius 2 is 1.70 bits per heavy atom. The largest absolute Gasteiger partial charge is 0.492 e. The normalized spacial score (nSPS) is 11.2. The first-order valence-electron chi connectivity index (χ1n) is 8.45. The Hall–Kier alpha value is -3.00. The summed E-state index contributed by atoms with van der Waals surface area (Å²) in [6.07, 6.45) is 0. The van der Waals surface area contributed by atoms with E-state index in [9.17, 15) is 8.42 Å². The van der Waals surface area contributed by atoms with Crippen LogP contribution >= 0.6 is 0 Å². The number of nitrogens with zero attached hydrogens (tertiary/aromatic N) is 1. The Bertz CT molecular complexity index is 1010. The molecular formula is C19H21N3O4S. The maximum absolute atomic E-state index is 12.6. The summed E-state index contributed by atoms with van der Waals surface area (Å²) in [5.41, 5.74) is 2.41. The minimum absolute atomic E-state index is 0.0651. The van der Waals surface area contributed by atoms with E-state index in [1.165, 1.54) is 0 Å². The summed E-state index contributed by atoms with van der Waals surface area (Å²) in [7, 11) is -3.76. The van der Waals surface area contributed by atoms with Crippen molar-refractivity contribution in [2.75, 3.05) is 16.6 Å². The maximum atomic E-state index is 12.6. The van der Waals surface area contributed by atoms with Crippen LogP contribution in [0.15, 0.2) is 57.9 Å². The van der Waals surface area contributed by atoms with Crippen molar-refractivity contribution in [3.8, 4) is 5.75 Å². The summed E-state index contributed by atoms with van der Waals surface area (Å²) >= 11 is 0. The minimum atomic E-state index is -3.76. The van der Waals surface area contributed by atoms with Crippen LogP contribution < -0.4 is 14.8 Å². The fraction of sp³-hybridized carbons (Fsp3) is 0.211. The van der Waals surface area contributed by atoms with Crippen molar-refractivity contribution in [1.29, 1.82) is 0 Å². The van der Waals surface area contributed by atoms with Crippen LogP contribution in [0.3, 0.4) is 0 Å². The Balaban J connectivity index is 1.76. The van der Waals surface area contributed by atoms with Crippen LogP contribution in [-0.4, -0.2) is 20.2 Å². The molecular weight excluding hydrogens is 366 g/mol. The van der Waals surface area contributed by atoms with Gasteiger partial charge < -0.3 is 14.6 Å². The zero-order valence-electron chi connectivity index (χ0n) is 15.3. The zero-order valence-corrected chi connectivity index (χ0v) is 16.1. The number of hydrogen-bond donors (Lipinski definition) is 2. The molecule has 1 heterocycles. The molecule has 27 heavy (non-hydrogen) atoms. The summed E-state index contributed by atoms with van der Waals surface area (Å²) in [6, 6.07) is 14.6. The smallest absolute Gasteiger partial charge is 0.267 e. The topological polar surface area (TPSA) is 93.5 Å². The summed E-state index contributed by atoms with van der Waals surface area (Å²) in [6.45, 7) is 5.66. The van der Waals surface area contributed by atoms with Crippen LogP contribution in [0.2, 0.25) is 0 Å². The van der Waals surface area contributed by atoms with Crippen LogP contribution in [0, 0.1) is 13.8 Å². The van der Waals surface area contributed by atoms with E-state index in [1.807, 2.05) is 31.2 Å². The van der Waals surface area contributed by atoms with Gasteiger partial charge in [-0.15, -0.1) is 0 Å². The third kappa shape index (κ3) is 4.22. The number of rotatable bonds is 7. The van der Waals surface area contributed by atoms with Gasteiger partial charge in [0.05, 0.1) is 12.3 Å². The number of aryl methyl sites for hydroxylation is 2. The molecule has 0 saturated heterocycles. The van der Waals surface area contributed by atoms with E-state index in [0.29, 0.717) is 18.0 Å². The molecule has 0 fully saturated rings. The molecule has 0 aliphatic heterocycles. The van der Waals surface area contributed by atoms with E-state index in [-0.39, 0.29) is 10.7 Å². The van der Waals surface area contributed by atoms with Gasteiger partial charge in [-0.3, -0.25) is 4.72 Å². The second kappa shape index (κ2) is 7.71. The number of aromatic nitrogens is 1. The molecule has 0 saturated carbocycles. The molecule has 2 N–H and O–H groups in total. The first-order valence-corrected chi connectivity index (χ1v) is 9.93. The van der Waals surface area contributed by atoms with Gasteiger partial charge in [-0.2, -0.15) is 0 Å². The second-order valence-electron chi connectivity index (χ2n) is 5.89. The fourth-order valence-electron chi connectivity index (χ4n) is 2.69. The molecule has 0 bridgehead atoms. The van der Waals surface area contributed by atoms with Gasteiger partial charge in [0.25, 0.3) is 10.0 Å². The number of hydrogen-bond acceptors (Lipinski definition) is 6. The van der Waals surface area contributed by atoms with Crippen LogP contribution in [-0.2, 0) is 10.0 Å². The van der Waals surface area contributed by atoms with Gasteiger partial charge in [0.15, 0.2) is 10.7 Å². The number of sulfonamides is 1. The van der Waals surface area contributed by atoms with Crippen molar-refractivity contribution < 1.29 is 17.7 Å². The molecule has 2 aromatic carbocycles. The van der Waals surface area contributed by atoms with Crippen molar-refractivity contribution in [3.05, 3.63) is 60.0 Å². The fourth-order valence-corrected chi connectivity index (χ4v) is 4.08. The van der Waals surface area contributed by atoms with Gasteiger partial charge in [-0.25, -0.2) is 8.42 Å². The van der Waals surface area contributed by atoms with Crippen molar-refractivity contribution in [3.63, 3.8) is 0 Å². The SMILES string of the molecule is CCOc1ccccc1Nc1ccc(NS(=O)(=O)c2c(C)noc2C)cc1. The average Bonchev–Trinajstić information content (AvgIpc) is 2.97. The van der Waals surface area contributed by atoms with Crippen molar-refractivity contribution in [1.82, 2.24) is 5.16 Å². The lowest BCUT2D eigenvalue weighted by molar-refractivity contribution is 0.342. The predicted octanol–water partition coefficient (Wildman–Crippen LogP) is 4.23. The summed E-state index contributed by atoms with van der Waals surface area (Å²) in [4.78, 5) is 0.0651. The zero-order chi connectivity index (χ0) is 19.4. The van der Waals surface area contributed by atoms with Gasteiger partial charge in [0.1, 0.15) is 11.4 Å². The summed E-state index contributed by atoms with van der Waals surface area (Å²) < 4.78 is 38.2. The van der Waals surface area contributed by atoms with Gasteiger partial charge in [-0.1, -0.05) is 17.3 Å². The lowest BCUT2D eigenvalue weighted by Crippen LogP contribution is -2.14. The summed E-state index contributed by atoms with van der Waals surface area (Å²) in [5, 5.41) is 6.96. The van der Waals surface area contributed by atoms with Gasteiger partial charge >= 0.3 is 0 Å². The van der Waals surface area contributed by atoms with E-state index in [2.05, 4.69) is 15.2 Å². The Kier molecular flexibility index (Phi) is 5.36. The van der Waals surface area contributed by atoms with Crippen molar-refractivity contribution in [2.24, 2.45) is 0 Å². The van der Waals surface area contributed by atoms with Gasteiger partial charge in [0.2, 0.25) is 0 Å². The molecule has 0 unspecified atom stereocenters. The minimum Gasteiger partial charge on any atom is -0.492 e. The summed E-state index contributed by atoms with van der Waals surface area (Å²) in [5.74, 6) is 1.01. The first-order chi connectivity index (χ1) is 12.9. The molecule has 0 atom stereocenters. The molecule has 0 radical (unpaired) electrons. The molecule has 0 aliphatic rings. The quantitative estimate of drug-likeness (QED) is 0.630. The number of nitrogens with one attached hydrogen (secondary N) is 2. The van der Waals surface area contributed by atoms with E-state index >= 15 is 0 Å². The molecule has 142 valence electrons. The third-order valence-corrected chi connectivity index (χ3v) is 5.46. The van der Waals surface area contributed by atoms with Crippen LogP contribution in [0.25, 0.3) is 0 Å². The first kappa shape index (κ1) is 18.8. The average molecular weight is 387 g/mol. The highest BCUT2D eigenvalue weighted by atomic mass is 32.2. The van der Waals surface area contributed by atoms with Crippen molar-refractivity contribution in [2.45, 2.75) is 25.7 Å². The molecule has 3 rings (SSSR count). The van der Waals surface area contributed by atoms with E-state index < -0.39 is 10.0 Å². The van der Waals surface area contributed by atoms with Crippen LogP contribution in [0.4, 0.5) is 17.1 Å². The number of benzene rings is 2. The molecule has 0 amide bonds. The number of ether oxygens (including phenoxy) is 1. The van der Waals surface area contributed by atoms with Crippen molar-refractivity contribution >= 4 is 27.1 Å². The number of para-hydroxylation sites is 2. The highest BCUT2D eigenvalue weighted by Gasteiger charge is 2.24. The second-order valence-corrected chi connectivity index (χ2v) is 7.51. The maximum Gasteiger partial charge on any atom is 0.267 e. The molecule has 3 aromatic rings. The Morgan fingerprint density at radius 1 is 1.04 bits per heavy atom. The number of anilines is 3. The van der Waals surface area contributed by atoms with Crippen LogP contribution in [0.1, 0.15) is 18.4 Å². The molecule has 1 aromatic heterocycles. The highest BCUT2D eigenvalue weighted by Crippen LogP contribution is 2.28. The highest BCUT2D eigenvalue weighted by molar-refractivity contribution is 7.92. The molecule has 0 aliphatic carbocycles. The Labute approximate surface area is 158 Å². The third-order valence-electron chi connectivity index (χ3n) is 3.84. The molecule has 8 heteroatoms. The monoisotopic (exact) mass is 387 g/mol. The van der Waals surface area contributed by atoms with E-state index in [0.717, 1.165) is 17.1 Å². The molecule has 7 nitrogen and oxygen atoms in total.